The molecule has 1 fully saturated rings. The Morgan fingerprint density at radius 3 is 2.38 bits per heavy atom. The van der Waals surface area contributed by atoms with Crippen LogP contribution >= 0.6 is 0 Å². The van der Waals surface area contributed by atoms with Gasteiger partial charge in [-0.15, -0.1) is 0 Å². The first kappa shape index (κ1) is 27.4. The summed E-state index contributed by atoms with van der Waals surface area (Å²) in [5.41, 5.74) is 7.12. The van der Waals surface area contributed by atoms with Gasteiger partial charge in [0.2, 0.25) is 0 Å². The van der Waals surface area contributed by atoms with Gasteiger partial charge in [0.25, 0.3) is 5.91 Å². The summed E-state index contributed by atoms with van der Waals surface area (Å²) in [6.45, 7) is 7.04. The number of anilines is 1. The van der Waals surface area contributed by atoms with E-state index in [4.69, 9.17) is 10.5 Å². The summed E-state index contributed by atoms with van der Waals surface area (Å²) in [6, 6.07) is 14.3. The number of piperazine rings is 1. The Morgan fingerprint density at radius 1 is 1.10 bits per heavy atom. The molecule has 1 aliphatic heterocycles. The molecule has 2 aromatic heterocycles. The zero-order valence-electron chi connectivity index (χ0n) is 22.7. The van der Waals surface area contributed by atoms with E-state index in [1.165, 1.54) is 20.2 Å². The highest BCUT2D eigenvalue weighted by molar-refractivity contribution is 6.00. The van der Waals surface area contributed by atoms with E-state index in [-0.39, 0.29) is 34.6 Å². The van der Waals surface area contributed by atoms with E-state index in [1.807, 2.05) is 31.2 Å². The van der Waals surface area contributed by atoms with Crippen LogP contribution in [0, 0.1) is 6.92 Å². The molecule has 0 spiro atoms. The molecule has 0 aliphatic carbocycles. The van der Waals surface area contributed by atoms with Crippen LogP contribution in [0.15, 0.2) is 54.7 Å². The van der Waals surface area contributed by atoms with E-state index in [9.17, 15) is 18.0 Å². The number of rotatable bonds is 5. The number of ether oxygens (including phenoxy) is 1. The lowest BCUT2D eigenvalue weighted by molar-refractivity contribution is -0.143. The Bertz CT molecular complexity index is 1530. The van der Waals surface area contributed by atoms with Gasteiger partial charge in [0.1, 0.15) is 11.3 Å². The summed E-state index contributed by atoms with van der Waals surface area (Å²) in [7, 11) is 1.51. The molecule has 3 heterocycles. The third-order valence-corrected chi connectivity index (χ3v) is 7.63. The van der Waals surface area contributed by atoms with E-state index in [1.54, 1.807) is 29.2 Å². The Kier molecular flexibility index (Phi) is 7.17. The average Bonchev–Trinajstić information content (AvgIpc) is 3.34. The highest BCUT2D eigenvalue weighted by Gasteiger charge is 2.39. The molecule has 0 radical (unpaired) electrons. The van der Waals surface area contributed by atoms with Crippen molar-refractivity contribution in [1.82, 2.24) is 24.4 Å². The number of hydrogen-bond acceptors (Lipinski definition) is 6. The van der Waals surface area contributed by atoms with Gasteiger partial charge in [0.05, 0.1) is 19.0 Å². The van der Waals surface area contributed by atoms with Crippen LogP contribution in [0.2, 0.25) is 0 Å². The number of carbonyl (C=O) groups excluding carboxylic acids is 1. The van der Waals surface area contributed by atoms with Crippen LogP contribution in [-0.4, -0.2) is 63.1 Å². The van der Waals surface area contributed by atoms with Crippen LogP contribution in [0.25, 0.3) is 16.9 Å². The fourth-order valence-electron chi connectivity index (χ4n) is 5.37. The minimum atomic E-state index is -4.71. The summed E-state index contributed by atoms with van der Waals surface area (Å²) >= 11 is 0. The summed E-state index contributed by atoms with van der Waals surface area (Å²) in [5, 5.41) is 3.98. The van der Waals surface area contributed by atoms with E-state index >= 15 is 0 Å². The van der Waals surface area contributed by atoms with Crippen LogP contribution in [0.1, 0.15) is 47.1 Å². The summed E-state index contributed by atoms with van der Waals surface area (Å²) in [6.07, 6.45) is -3.52. The van der Waals surface area contributed by atoms with Gasteiger partial charge in [0.15, 0.2) is 11.3 Å². The molecule has 0 unspecified atom stereocenters. The minimum absolute atomic E-state index is 0.0344. The van der Waals surface area contributed by atoms with Crippen LogP contribution in [-0.2, 0) is 6.18 Å². The molecule has 0 saturated carbocycles. The van der Waals surface area contributed by atoms with Gasteiger partial charge >= 0.3 is 6.18 Å². The van der Waals surface area contributed by atoms with Crippen LogP contribution in [0.3, 0.4) is 0 Å². The number of halogens is 3. The molecule has 0 bridgehead atoms. The molecule has 8 nitrogen and oxygen atoms in total. The first-order valence-corrected chi connectivity index (χ1v) is 13.0. The van der Waals surface area contributed by atoms with Crippen molar-refractivity contribution in [2.45, 2.75) is 39.0 Å². The second-order valence-corrected chi connectivity index (χ2v) is 10.1. The van der Waals surface area contributed by atoms with Gasteiger partial charge < -0.3 is 15.4 Å². The van der Waals surface area contributed by atoms with Crippen molar-refractivity contribution in [3.05, 3.63) is 77.1 Å². The largest absolute Gasteiger partial charge is 0.497 e. The highest BCUT2D eigenvalue weighted by Crippen LogP contribution is 2.37. The number of hydrogen-bond donors (Lipinski definition) is 1. The topological polar surface area (TPSA) is 89.0 Å². The predicted molar refractivity (Wildman–Crippen MR) is 146 cm³/mol. The molecule has 2 atom stereocenters. The lowest BCUT2D eigenvalue weighted by atomic mass is 10.0. The molecule has 1 aliphatic rings. The van der Waals surface area contributed by atoms with Crippen molar-refractivity contribution < 1.29 is 22.7 Å². The molecule has 1 saturated heterocycles. The molecule has 2 N–H and O–H groups in total. The lowest BCUT2D eigenvalue weighted by Crippen LogP contribution is -2.54. The van der Waals surface area contributed by atoms with Crippen molar-refractivity contribution in [3.8, 4) is 17.0 Å². The second kappa shape index (κ2) is 10.5. The summed E-state index contributed by atoms with van der Waals surface area (Å²) in [4.78, 5) is 22.3. The number of nitrogen functional groups attached to an aromatic ring is 1. The standard InChI is InChI=1S/C29H31F3N6O2/c1-17-16-36(19(3)20-5-9-22(33)10-6-20)13-14-37(17)28(39)24-15-34-38-26(29(30,31)32)18(2)25(35-27(24)38)21-7-11-23(40-4)12-8-21/h5-12,15,17,19H,13-14,16,33H2,1-4H3/t17-,19+/m1/s1. The second-order valence-electron chi connectivity index (χ2n) is 10.1. The smallest absolute Gasteiger partial charge is 0.433 e. The van der Waals surface area contributed by atoms with Crippen LogP contribution in [0.4, 0.5) is 18.9 Å². The first-order chi connectivity index (χ1) is 19.0. The van der Waals surface area contributed by atoms with Gasteiger partial charge in [-0.05, 0) is 62.7 Å². The molecule has 2 aromatic carbocycles. The van der Waals surface area contributed by atoms with Gasteiger partial charge in [0, 0.05) is 48.5 Å². The lowest BCUT2D eigenvalue weighted by Gasteiger charge is -2.42. The van der Waals surface area contributed by atoms with Crippen molar-refractivity contribution in [1.29, 1.82) is 0 Å². The van der Waals surface area contributed by atoms with Crippen LogP contribution in [0.5, 0.6) is 5.75 Å². The number of carbonyl (C=O) groups is 1. The molecule has 210 valence electrons. The predicted octanol–water partition coefficient (Wildman–Crippen LogP) is 5.22. The van der Waals surface area contributed by atoms with E-state index in [2.05, 4.69) is 21.9 Å². The first-order valence-electron chi connectivity index (χ1n) is 13.0. The fraction of sp³-hybridized carbons (Fsp3) is 0.345. The summed E-state index contributed by atoms with van der Waals surface area (Å²) in [5.74, 6) is 0.171. The Labute approximate surface area is 230 Å². The molecule has 40 heavy (non-hydrogen) atoms. The third kappa shape index (κ3) is 4.97. The Balaban J connectivity index is 1.48. The molecule has 4 aromatic rings. The molecule has 5 rings (SSSR count). The zero-order chi connectivity index (χ0) is 28.8. The van der Waals surface area contributed by atoms with Gasteiger partial charge in [-0.2, -0.15) is 18.3 Å². The minimum Gasteiger partial charge on any atom is -0.497 e. The molecule has 11 heteroatoms. The fourth-order valence-corrected chi connectivity index (χ4v) is 5.37. The maximum atomic E-state index is 14.3. The SMILES string of the molecule is COc1ccc(-c2nc3c(C(=O)N4CCN([C@@H](C)c5ccc(N)cc5)C[C@H]4C)cnn3c(C(F)(F)F)c2C)cc1. The monoisotopic (exact) mass is 552 g/mol. The van der Waals surface area contributed by atoms with Gasteiger partial charge in [-0.1, -0.05) is 12.1 Å². The van der Waals surface area contributed by atoms with E-state index in [0.29, 0.717) is 36.6 Å². The van der Waals surface area contributed by atoms with Crippen molar-refractivity contribution >= 4 is 17.2 Å². The Hall–Kier alpha value is -4.12. The number of alkyl halides is 3. The van der Waals surface area contributed by atoms with Gasteiger partial charge in [-0.25, -0.2) is 9.50 Å². The maximum absolute atomic E-state index is 14.3. The number of aromatic nitrogens is 3. The summed E-state index contributed by atoms with van der Waals surface area (Å²) < 4.78 is 48.8. The Morgan fingerprint density at radius 2 is 1.77 bits per heavy atom. The number of fused-ring (bicyclic) bond motifs is 1. The molecular weight excluding hydrogens is 521 g/mol. The van der Waals surface area contributed by atoms with Crippen LogP contribution < -0.4 is 10.5 Å². The maximum Gasteiger partial charge on any atom is 0.433 e. The number of methoxy groups -OCH3 is 1. The van der Waals surface area contributed by atoms with Gasteiger partial charge in [-0.3, -0.25) is 9.69 Å². The van der Waals surface area contributed by atoms with E-state index in [0.717, 1.165) is 10.1 Å². The van der Waals surface area contributed by atoms with Crippen molar-refractivity contribution in [3.63, 3.8) is 0 Å². The average molecular weight is 553 g/mol. The van der Waals surface area contributed by atoms with Crippen molar-refractivity contribution in [2.24, 2.45) is 0 Å². The van der Waals surface area contributed by atoms with Crippen molar-refractivity contribution in [2.75, 3.05) is 32.5 Å². The highest BCUT2D eigenvalue weighted by atomic mass is 19.4. The number of benzene rings is 2. The zero-order valence-corrected chi connectivity index (χ0v) is 22.7. The number of amides is 1. The van der Waals surface area contributed by atoms with E-state index < -0.39 is 17.8 Å². The molecule has 1 amide bonds. The molecular formula is C29H31F3N6O2. The third-order valence-electron chi connectivity index (χ3n) is 7.63. The number of nitrogens with two attached hydrogens (primary N) is 1. The number of nitrogens with zero attached hydrogens (tertiary/aromatic N) is 5. The quantitative estimate of drug-likeness (QED) is 0.342. The normalized spacial score (nSPS) is 17.3.